The Bertz CT molecular complexity index is 1510. The van der Waals surface area contributed by atoms with Crippen molar-refractivity contribution in [3.63, 3.8) is 0 Å². The number of carbonyl (C=O) groups excluding carboxylic acids is 1. The van der Waals surface area contributed by atoms with Gasteiger partial charge in [0.25, 0.3) is 0 Å². The summed E-state index contributed by atoms with van der Waals surface area (Å²) in [6.07, 6.45) is 3.92. The molecule has 2 atom stereocenters. The number of hydrogen-bond donors (Lipinski definition) is 0. The van der Waals surface area contributed by atoms with Gasteiger partial charge in [0.2, 0.25) is 0 Å². The summed E-state index contributed by atoms with van der Waals surface area (Å²) in [5, 5.41) is 9.10. The molecule has 0 aliphatic carbocycles. The molecule has 7 nitrogen and oxygen atoms in total. The highest BCUT2D eigenvalue weighted by atomic mass is 32.2. The standard InChI is InChI=1S/C31H35N3O4S2/c1-4-40(36,37)26-11-9-25(33-19-26)10-12-28(35)29-17-27-21(2)20-38-31(30(27)39-29)13-15-34(16-14-31)22(3)24-7-5-23(18-32)6-8-24/h5-9,11,17,19,21-22H,4,10,12-16,20H2,1-3H3/t21-,22+/m1/s1. The van der Waals surface area contributed by atoms with E-state index in [4.69, 9.17) is 10.00 Å². The van der Waals surface area contributed by atoms with E-state index in [0.29, 0.717) is 30.7 Å². The molecule has 1 saturated heterocycles. The first kappa shape index (κ1) is 28.6. The van der Waals surface area contributed by atoms with E-state index in [2.05, 4.69) is 35.9 Å². The molecule has 2 aliphatic heterocycles. The lowest BCUT2D eigenvalue weighted by Gasteiger charge is -2.46. The van der Waals surface area contributed by atoms with E-state index in [0.717, 1.165) is 30.8 Å². The number of pyridine rings is 1. The number of sulfone groups is 1. The molecule has 0 saturated carbocycles. The second-order valence-electron chi connectivity index (χ2n) is 10.9. The van der Waals surface area contributed by atoms with Crippen molar-refractivity contribution < 1.29 is 17.9 Å². The summed E-state index contributed by atoms with van der Waals surface area (Å²) in [5.41, 5.74) is 3.47. The van der Waals surface area contributed by atoms with Crippen LogP contribution in [0.1, 0.15) is 88.9 Å². The van der Waals surface area contributed by atoms with E-state index in [9.17, 15) is 13.2 Å². The molecule has 2 aliphatic rings. The number of benzene rings is 1. The van der Waals surface area contributed by atoms with E-state index in [1.54, 1.807) is 30.4 Å². The van der Waals surface area contributed by atoms with Crippen molar-refractivity contribution in [2.75, 3.05) is 25.4 Å². The second-order valence-corrected chi connectivity index (χ2v) is 14.2. The predicted molar refractivity (Wildman–Crippen MR) is 155 cm³/mol. The molecule has 210 valence electrons. The van der Waals surface area contributed by atoms with Gasteiger partial charge in [-0.15, -0.1) is 11.3 Å². The number of thiophene rings is 1. The Kier molecular flexibility index (Phi) is 8.25. The zero-order chi connectivity index (χ0) is 28.5. The average molecular weight is 578 g/mol. The van der Waals surface area contributed by atoms with Crippen LogP contribution in [-0.4, -0.2) is 49.5 Å². The minimum atomic E-state index is -3.29. The maximum atomic E-state index is 13.2. The van der Waals surface area contributed by atoms with Crippen LogP contribution in [0.5, 0.6) is 0 Å². The number of ether oxygens (including phenoxy) is 1. The zero-order valence-electron chi connectivity index (χ0n) is 23.2. The third-order valence-electron chi connectivity index (χ3n) is 8.41. The molecule has 4 heterocycles. The summed E-state index contributed by atoms with van der Waals surface area (Å²) in [6, 6.07) is 15.6. The Balaban J connectivity index is 1.26. The molecule has 3 aromatic rings. The fourth-order valence-electron chi connectivity index (χ4n) is 5.67. The summed E-state index contributed by atoms with van der Waals surface area (Å²) in [7, 11) is -3.29. The van der Waals surface area contributed by atoms with Gasteiger partial charge in [0.15, 0.2) is 15.6 Å². The zero-order valence-corrected chi connectivity index (χ0v) is 24.9. The van der Waals surface area contributed by atoms with Crippen molar-refractivity contribution in [1.29, 1.82) is 5.26 Å². The smallest absolute Gasteiger partial charge is 0.179 e. The third kappa shape index (κ3) is 5.64. The van der Waals surface area contributed by atoms with Crippen molar-refractivity contribution in [1.82, 2.24) is 9.88 Å². The number of Topliss-reactive ketones (excluding diaryl/α,β-unsaturated/α-hetero) is 1. The van der Waals surface area contributed by atoms with Crippen LogP contribution < -0.4 is 0 Å². The Morgan fingerprint density at radius 2 is 1.95 bits per heavy atom. The fraction of sp³-hybridized carbons (Fsp3) is 0.452. The lowest BCUT2D eigenvalue weighted by Crippen LogP contribution is -2.47. The highest BCUT2D eigenvalue weighted by Crippen LogP contribution is 2.49. The molecule has 0 N–H and O–H groups in total. The first-order valence-corrected chi connectivity index (χ1v) is 16.4. The van der Waals surface area contributed by atoms with Crippen molar-refractivity contribution in [3.05, 3.63) is 80.8 Å². The van der Waals surface area contributed by atoms with Crippen LogP contribution in [0, 0.1) is 11.3 Å². The number of likely N-dealkylation sites (tertiary alicyclic amines) is 1. The molecule has 1 fully saturated rings. The van der Waals surface area contributed by atoms with Gasteiger partial charge >= 0.3 is 0 Å². The number of hydrogen-bond acceptors (Lipinski definition) is 8. The summed E-state index contributed by atoms with van der Waals surface area (Å²) < 4.78 is 30.6. The van der Waals surface area contributed by atoms with Crippen LogP contribution in [0.15, 0.2) is 53.6 Å². The molecule has 40 heavy (non-hydrogen) atoms. The van der Waals surface area contributed by atoms with Gasteiger partial charge in [-0.3, -0.25) is 14.7 Å². The van der Waals surface area contributed by atoms with E-state index >= 15 is 0 Å². The number of carbonyl (C=O) groups is 1. The quantitative estimate of drug-likeness (QED) is 0.312. The minimum Gasteiger partial charge on any atom is -0.369 e. The molecule has 9 heteroatoms. The molecule has 0 radical (unpaired) electrons. The Hall–Kier alpha value is -2.90. The van der Waals surface area contributed by atoms with Crippen molar-refractivity contribution in [2.45, 2.75) is 68.9 Å². The lowest BCUT2D eigenvalue weighted by molar-refractivity contribution is -0.105. The monoisotopic (exact) mass is 577 g/mol. The molecular formula is C31H35N3O4S2. The van der Waals surface area contributed by atoms with Crippen LogP contribution in [0.25, 0.3) is 0 Å². The maximum absolute atomic E-state index is 13.2. The molecule has 0 unspecified atom stereocenters. The SMILES string of the molecule is CCS(=O)(=O)c1ccc(CCC(=O)c2cc3c(s2)C2(CCN([C@@H](C)c4ccc(C#N)cc4)CC2)OC[C@H]3C)nc1. The second kappa shape index (κ2) is 11.5. The van der Waals surface area contributed by atoms with Gasteiger partial charge in [0.05, 0.1) is 33.8 Å². The Labute approximate surface area is 240 Å². The number of piperidine rings is 1. The largest absolute Gasteiger partial charge is 0.369 e. The first-order chi connectivity index (χ1) is 19.2. The Morgan fingerprint density at radius 1 is 1.23 bits per heavy atom. The number of ketones is 1. The van der Waals surface area contributed by atoms with Crippen LogP contribution in [-0.2, 0) is 26.6 Å². The number of rotatable bonds is 8. The lowest BCUT2D eigenvalue weighted by atomic mass is 9.82. The summed E-state index contributed by atoms with van der Waals surface area (Å²) in [4.78, 5) is 22.2. The van der Waals surface area contributed by atoms with Gasteiger partial charge < -0.3 is 4.74 Å². The molecule has 0 amide bonds. The van der Waals surface area contributed by atoms with Gasteiger partial charge in [-0.1, -0.05) is 26.0 Å². The number of nitriles is 1. The van der Waals surface area contributed by atoms with Gasteiger partial charge in [0.1, 0.15) is 5.60 Å². The van der Waals surface area contributed by atoms with E-state index in [-0.39, 0.29) is 34.0 Å². The van der Waals surface area contributed by atoms with Gasteiger partial charge in [-0.25, -0.2) is 8.42 Å². The highest BCUT2D eigenvalue weighted by Gasteiger charge is 2.45. The predicted octanol–water partition coefficient (Wildman–Crippen LogP) is 5.81. The average Bonchev–Trinajstić information content (AvgIpc) is 3.46. The molecule has 1 spiro atoms. The maximum Gasteiger partial charge on any atom is 0.179 e. The van der Waals surface area contributed by atoms with Crippen LogP contribution in [0.3, 0.4) is 0 Å². The fourth-order valence-corrected chi connectivity index (χ4v) is 7.94. The molecule has 0 bridgehead atoms. The van der Waals surface area contributed by atoms with Crippen molar-refractivity contribution >= 4 is 27.0 Å². The minimum absolute atomic E-state index is 0.0351. The Morgan fingerprint density at radius 3 is 2.58 bits per heavy atom. The van der Waals surface area contributed by atoms with Gasteiger partial charge in [-0.05, 0) is 67.6 Å². The number of nitrogens with zero attached hydrogens (tertiary/aromatic N) is 3. The summed E-state index contributed by atoms with van der Waals surface area (Å²) in [6.45, 7) is 8.42. The molecule has 5 rings (SSSR count). The summed E-state index contributed by atoms with van der Waals surface area (Å²) >= 11 is 1.58. The van der Waals surface area contributed by atoms with E-state index in [1.165, 1.54) is 22.2 Å². The number of aryl methyl sites for hydroxylation is 1. The molecular weight excluding hydrogens is 542 g/mol. The van der Waals surface area contributed by atoms with Crippen molar-refractivity contribution in [3.8, 4) is 6.07 Å². The van der Waals surface area contributed by atoms with E-state index < -0.39 is 9.84 Å². The summed E-state index contributed by atoms with van der Waals surface area (Å²) in [5.74, 6) is 0.359. The molecule has 2 aromatic heterocycles. The van der Waals surface area contributed by atoms with Crippen LogP contribution >= 0.6 is 11.3 Å². The van der Waals surface area contributed by atoms with Crippen molar-refractivity contribution in [2.24, 2.45) is 0 Å². The normalized spacial score (nSPS) is 19.6. The molecule has 1 aromatic carbocycles. The topological polar surface area (TPSA) is 100 Å². The van der Waals surface area contributed by atoms with Crippen LogP contribution in [0.2, 0.25) is 0 Å². The van der Waals surface area contributed by atoms with Gasteiger partial charge in [0, 0.05) is 48.2 Å². The number of fused-ring (bicyclic) bond motifs is 2. The van der Waals surface area contributed by atoms with E-state index in [1.807, 2.05) is 24.3 Å². The first-order valence-electron chi connectivity index (χ1n) is 13.9. The highest BCUT2D eigenvalue weighted by molar-refractivity contribution is 7.91. The van der Waals surface area contributed by atoms with Gasteiger partial charge in [-0.2, -0.15) is 5.26 Å². The third-order valence-corrected chi connectivity index (χ3v) is 11.5. The van der Waals surface area contributed by atoms with Crippen LogP contribution in [0.4, 0.5) is 0 Å². The number of aromatic nitrogens is 1.